The first-order valence-electron chi connectivity index (χ1n) is 8.41. The van der Waals surface area contributed by atoms with Crippen LogP contribution in [0.25, 0.3) is 0 Å². The van der Waals surface area contributed by atoms with Crippen LogP contribution in [0.4, 0.5) is 11.6 Å². The van der Waals surface area contributed by atoms with Gasteiger partial charge in [-0.3, -0.25) is 4.79 Å². The predicted molar refractivity (Wildman–Crippen MR) is 107 cm³/mol. The largest absolute Gasteiger partial charge is 0.497 e. The Morgan fingerprint density at radius 2 is 2.00 bits per heavy atom. The number of anilines is 2. The third-order valence-electron chi connectivity index (χ3n) is 3.84. The summed E-state index contributed by atoms with van der Waals surface area (Å²) in [6, 6.07) is 16.5. The van der Waals surface area contributed by atoms with Crippen LogP contribution in [0.1, 0.15) is 16.1 Å². The van der Waals surface area contributed by atoms with Gasteiger partial charge in [-0.15, -0.1) is 0 Å². The van der Waals surface area contributed by atoms with Crippen LogP contribution in [0, 0.1) is 0 Å². The zero-order valence-electron chi connectivity index (χ0n) is 14.8. The zero-order valence-corrected chi connectivity index (χ0v) is 15.5. The number of methoxy groups -OCH3 is 1. The number of ether oxygens (including phenoxy) is 1. The molecule has 0 unspecified atom stereocenters. The van der Waals surface area contributed by atoms with E-state index in [2.05, 4.69) is 20.6 Å². The minimum Gasteiger partial charge on any atom is -0.497 e. The van der Waals surface area contributed by atoms with Crippen molar-refractivity contribution < 1.29 is 9.53 Å². The maximum atomic E-state index is 12.4. The summed E-state index contributed by atoms with van der Waals surface area (Å²) in [5, 5.41) is 6.35. The van der Waals surface area contributed by atoms with Crippen LogP contribution in [-0.2, 0) is 6.42 Å². The van der Waals surface area contributed by atoms with Crippen molar-refractivity contribution >= 4 is 29.1 Å². The molecule has 0 aliphatic carbocycles. The van der Waals surface area contributed by atoms with Crippen LogP contribution >= 0.6 is 11.6 Å². The van der Waals surface area contributed by atoms with E-state index in [-0.39, 0.29) is 11.6 Å². The van der Waals surface area contributed by atoms with Crippen LogP contribution in [0.2, 0.25) is 5.02 Å². The molecule has 6 nitrogen and oxygen atoms in total. The Bertz CT molecular complexity index is 933. The lowest BCUT2D eigenvalue weighted by molar-refractivity contribution is 0.102. The molecule has 0 bridgehead atoms. The van der Waals surface area contributed by atoms with Crippen LogP contribution in [0.3, 0.4) is 0 Å². The maximum absolute atomic E-state index is 12.4. The number of amides is 1. The van der Waals surface area contributed by atoms with Crippen molar-refractivity contribution in [2.24, 2.45) is 0 Å². The fourth-order valence-corrected chi connectivity index (χ4v) is 2.65. The number of hydrogen-bond acceptors (Lipinski definition) is 5. The third kappa shape index (κ3) is 5.18. The Kier molecular flexibility index (Phi) is 6.22. The molecular weight excluding hydrogens is 364 g/mol. The number of para-hydroxylation sites is 1. The quantitative estimate of drug-likeness (QED) is 0.644. The average molecular weight is 383 g/mol. The summed E-state index contributed by atoms with van der Waals surface area (Å²) in [5.74, 6) is 0.869. The minimum absolute atomic E-state index is 0.258. The molecule has 7 heteroatoms. The Morgan fingerprint density at radius 3 is 2.81 bits per heavy atom. The Balaban J connectivity index is 1.59. The standard InChI is InChI=1S/C20H19ClN4O2/c1-27-15-6-4-5-14(13-15)9-11-22-20-23-12-10-18(25-20)19(26)24-17-8-3-2-7-16(17)21/h2-8,10,12-13H,9,11H2,1H3,(H,24,26)(H,22,23,25). The fraction of sp³-hybridized carbons (Fsp3) is 0.150. The highest BCUT2D eigenvalue weighted by atomic mass is 35.5. The number of nitrogens with zero attached hydrogens (tertiary/aromatic N) is 2. The summed E-state index contributed by atoms with van der Waals surface area (Å²) in [6.07, 6.45) is 2.32. The third-order valence-corrected chi connectivity index (χ3v) is 4.17. The average Bonchev–Trinajstić information content (AvgIpc) is 2.70. The van der Waals surface area contributed by atoms with Gasteiger partial charge < -0.3 is 15.4 Å². The number of benzene rings is 2. The number of nitrogens with one attached hydrogen (secondary N) is 2. The molecule has 3 aromatic rings. The van der Waals surface area contributed by atoms with Gasteiger partial charge in [-0.2, -0.15) is 0 Å². The van der Waals surface area contributed by atoms with Crippen LogP contribution in [0.15, 0.2) is 60.8 Å². The van der Waals surface area contributed by atoms with Gasteiger partial charge in [0.05, 0.1) is 17.8 Å². The second kappa shape index (κ2) is 9.00. The first kappa shape index (κ1) is 18.7. The monoisotopic (exact) mass is 382 g/mol. The van der Waals surface area contributed by atoms with E-state index in [1.54, 1.807) is 43.6 Å². The second-order valence-corrected chi connectivity index (χ2v) is 6.13. The van der Waals surface area contributed by atoms with Gasteiger partial charge in [0.2, 0.25) is 5.95 Å². The molecular formula is C20H19ClN4O2. The van der Waals surface area contributed by atoms with Crippen molar-refractivity contribution in [1.29, 1.82) is 0 Å². The van der Waals surface area contributed by atoms with E-state index in [1.165, 1.54) is 0 Å². The van der Waals surface area contributed by atoms with Crippen molar-refractivity contribution in [1.82, 2.24) is 9.97 Å². The normalized spacial score (nSPS) is 10.3. The molecule has 3 rings (SSSR count). The van der Waals surface area contributed by atoms with E-state index in [1.807, 2.05) is 24.3 Å². The van der Waals surface area contributed by atoms with Crippen molar-refractivity contribution in [3.63, 3.8) is 0 Å². The molecule has 27 heavy (non-hydrogen) atoms. The minimum atomic E-state index is -0.346. The zero-order chi connectivity index (χ0) is 19.1. The van der Waals surface area contributed by atoms with Crippen molar-refractivity contribution in [3.8, 4) is 5.75 Å². The summed E-state index contributed by atoms with van der Waals surface area (Å²) in [6.45, 7) is 0.628. The number of aromatic nitrogens is 2. The predicted octanol–water partition coefficient (Wildman–Crippen LogP) is 4.05. The van der Waals surface area contributed by atoms with Gasteiger partial charge in [-0.05, 0) is 42.3 Å². The molecule has 0 saturated heterocycles. The van der Waals surface area contributed by atoms with Gasteiger partial charge in [-0.25, -0.2) is 9.97 Å². The van der Waals surface area contributed by atoms with Crippen LogP contribution < -0.4 is 15.4 Å². The van der Waals surface area contributed by atoms with E-state index < -0.39 is 0 Å². The van der Waals surface area contributed by atoms with E-state index >= 15 is 0 Å². The van der Waals surface area contributed by atoms with Crippen molar-refractivity contribution in [2.75, 3.05) is 24.3 Å². The number of hydrogen-bond donors (Lipinski definition) is 2. The molecule has 0 spiro atoms. The molecule has 2 aromatic carbocycles. The molecule has 1 aromatic heterocycles. The van der Waals surface area contributed by atoms with Gasteiger partial charge in [-0.1, -0.05) is 35.9 Å². The summed E-state index contributed by atoms with van der Waals surface area (Å²) in [5.41, 5.74) is 1.93. The Hall–Kier alpha value is -3.12. The molecule has 0 fully saturated rings. The molecule has 2 N–H and O–H groups in total. The Morgan fingerprint density at radius 1 is 1.15 bits per heavy atom. The Labute approximate surface area is 162 Å². The summed E-state index contributed by atoms with van der Waals surface area (Å²) in [7, 11) is 1.64. The van der Waals surface area contributed by atoms with Crippen LogP contribution in [0.5, 0.6) is 5.75 Å². The summed E-state index contributed by atoms with van der Waals surface area (Å²) < 4.78 is 5.22. The molecule has 1 heterocycles. The molecule has 0 aliphatic rings. The lowest BCUT2D eigenvalue weighted by atomic mass is 10.1. The van der Waals surface area contributed by atoms with E-state index in [9.17, 15) is 4.79 Å². The molecule has 0 aliphatic heterocycles. The number of carbonyl (C=O) groups excluding carboxylic acids is 1. The summed E-state index contributed by atoms with van der Waals surface area (Å²) in [4.78, 5) is 20.8. The summed E-state index contributed by atoms with van der Waals surface area (Å²) >= 11 is 6.07. The SMILES string of the molecule is COc1cccc(CCNc2nccc(C(=O)Nc3ccccc3Cl)n2)c1. The highest BCUT2D eigenvalue weighted by Gasteiger charge is 2.10. The first-order chi connectivity index (χ1) is 13.2. The van der Waals surface area contributed by atoms with Crippen molar-refractivity contribution in [2.45, 2.75) is 6.42 Å². The van der Waals surface area contributed by atoms with Gasteiger partial charge in [0, 0.05) is 12.7 Å². The number of rotatable bonds is 7. The van der Waals surface area contributed by atoms with E-state index in [4.69, 9.17) is 16.3 Å². The van der Waals surface area contributed by atoms with E-state index in [0.717, 1.165) is 17.7 Å². The maximum Gasteiger partial charge on any atom is 0.274 e. The molecule has 138 valence electrons. The highest BCUT2D eigenvalue weighted by molar-refractivity contribution is 6.33. The number of carbonyl (C=O) groups is 1. The van der Waals surface area contributed by atoms with Crippen LogP contribution in [-0.4, -0.2) is 29.5 Å². The lowest BCUT2D eigenvalue weighted by Crippen LogP contribution is -2.16. The number of halogens is 1. The van der Waals surface area contributed by atoms with Gasteiger partial charge >= 0.3 is 0 Å². The van der Waals surface area contributed by atoms with Crippen molar-refractivity contribution in [3.05, 3.63) is 77.1 Å². The van der Waals surface area contributed by atoms with Gasteiger partial charge in [0.25, 0.3) is 5.91 Å². The first-order valence-corrected chi connectivity index (χ1v) is 8.79. The lowest BCUT2D eigenvalue weighted by Gasteiger charge is -2.09. The van der Waals surface area contributed by atoms with Gasteiger partial charge in [0.1, 0.15) is 11.4 Å². The smallest absolute Gasteiger partial charge is 0.274 e. The van der Waals surface area contributed by atoms with E-state index in [0.29, 0.717) is 23.2 Å². The topological polar surface area (TPSA) is 76.1 Å². The molecule has 0 saturated carbocycles. The highest BCUT2D eigenvalue weighted by Crippen LogP contribution is 2.21. The fourth-order valence-electron chi connectivity index (χ4n) is 2.47. The second-order valence-electron chi connectivity index (χ2n) is 5.73. The molecule has 0 radical (unpaired) electrons. The molecule has 0 atom stereocenters. The van der Waals surface area contributed by atoms with Gasteiger partial charge in [0.15, 0.2) is 0 Å². The molecule has 1 amide bonds.